The lowest BCUT2D eigenvalue weighted by atomic mass is 10.1. The molecule has 0 saturated carbocycles. The Morgan fingerprint density at radius 3 is 2.88 bits per heavy atom. The van der Waals surface area contributed by atoms with Crippen LogP contribution in [0.3, 0.4) is 0 Å². The molecule has 0 bridgehead atoms. The van der Waals surface area contributed by atoms with Crippen molar-refractivity contribution in [3.05, 3.63) is 66.8 Å². The molecule has 4 aromatic rings. The van der Waals surface area contributed by atoms with Crippen LogP contribution in [-0.4, -0.2) is 35.6 Å². The molecule has 2 aromatic carbocycles. The molecule has 0 aliphatic carbocycles. The van der Waals surface area contributed by atoms with Crippen molar-refractivity contribution in [1.29, 1.82) is 0 Å². The van der Waals surface area contributed by atoms with Gasteiger partial charge in [0, 0.05) is 23.9 Å². The van der Waals surface area contributed by atoms with E-state index in [0.717, 1.165) is 41.8 Å². The van der Waals surface area contributed by atoms with Crippen LogP contribution in [0.25, 0.3) is 22.6 Å². The van der Waals surface area contributed by atoms with Gasteiger partial charge in [-0.1, -0.05) is 24.3 Å². The van der Waals surface area contributed by atoms with Crippen LogP contribution in [0.1, 0.15) is 18.4 Å². The van der Waals surface area contributed by atoms with E-state index >= 15 is 0 Å². The third-order valence-electron chi connectivity index (χ3n) is 5.77. The number of benzene rings is 2. The Morgan fingerprint density at radius 1 is 1.18 bits per heavy atom. The molecular formula is C25H25N5O4. The molecule has 5 rings (SSSR count). The molecule has 0 spiro atoms. The van der Waals surface area contributed by atoms with E-state index in [9.17, 15) is 4.79 Å². The zero-order chi connectivity index (χ0) is 23.3. The third kappa shape index (κ3) is 4.65. The van der Waals surface area contributed by atoms with Gasteiger partial charge < -0.3 is 29.5 Å². The van der Waals surface area contributed by atoms with Gasteiger partial charge in [-0.3, -0.25) is 4.79 Å². The standard InChI is InChI=1S/C25H25N5O4/c1-32-21-11-17(8-9-19(21)22-13-26-15-33-22)30-25-29-14-23(34-25)18-6-3-2-5-16(18)12-28-24(31)20-7-4-10-27-20/h2-3,5-6,8-9,11,13-15,20,27H,4,7,10,12H2,1H3,(H,28,31)(H,29,30). The van der Waals surface area contributed by atoms with Crippen LogP contribution in [0.5, 0.6) is 5.75 Å². The van der Waals surface area contributed by atoms with E-state index in [4.69, 9.17) is 13.6 Å². The number of rotatable bonds is 8. The Hall–Kier alpha value is -4.11. The quantitative estimate of drug-likeness (QED) is 0.361. The summed E-state index contributed by atoms with van der Waals surface area (Å²) in [6.07, 6.45) is 6.58. The maximum Gasteiger partial charge on any atom is 0.299 e. The number of aromatic nitrogens is 2. The number of carbonyl (C=O) groups is 1. The minimum absolute atomic E-state index is 0.0231. The molecule has 174 valence electrons. The van der Waals surface area contributed by atoms with E-state index in [1.165, 1.54) is 6.39 Å². The van der Waals surface area contributed by atoms with Crippen molar-refractivity contribution in [2.75, 3.05) is 19.0 Å². The lowest BCUT2D eigenvalue weighted by Gasteiger charge is -2.12. The first kappa shape index (κ1) is 21.7. The minimum Gasteiger partial charge on any atom is -0.496 e. The number of oxazole rings is 2. The molecule has 1 saturated heterocycles. The third-order valence-corrected chi connectivity index (χ3v) is 5.77. The molecule has 9 heteroatoms. The smallest absolute Gasteiger partial charge is 0.299 e. The zero-order valence-electron chi connectivity index (χ0n) is 18.7. The van der Waals surface area contributed by atoms with Crippen LogP contribution in [-0.2, 0) is 11.3 Å². The van der Waals surface area contributed by atoms with Gasteiger partial charge in [0.1, 0.15) is 5.75 Å². The van der Waals surface area contributed by atoms with Crippen LogP contribution >= 0.6 is 0 Å². The Morgan fingerprint density at radius 2 is 2.09 bits per heavy atom. The highest BCUT2D eigenvalue weighted by Gasteiger charge is 2.22. The first-order valence-electron chi connectivity index (χ1n) is 11.1. The van der Waals surface area contributed by atoms with Gasteiger partial charge in [-0.2, -0.15) is 0 Å². The van der Waals surface area contributed by atoms with Crippen molar-refractivity contribution in [3.63, 3.8) is 0 Å². The largest absolute Gasteiger partial charge is 0.496 e. The fraction of sp³-hybridized carbons (Fsp3) is 0.240. The number of nitrogens with zero attached hydrogens (tertiary/aromatic N) is 2. The summed E-state index contributed by atoms with van der Waals surface area (Å²) < 4.78 is 16.9. The summed E-state index contributed by atoms with van der Waals surface area (Å²) in [7, 11) is 1.60. The van der Waals surface area contributed by atoms with Crippen LogP contribution in [0.2, 0.25) is 0 Å². The topological polar surface area (TPSA) is 114 Å². The molecular weight excluding hydrogens is 434 g/mol. The maximum atomic E-state index is 12.4. The molecule has 1 amide bonds. The Bertz CT molecular complexity index is 1260. The van der Waals surface area contributed by atoms with Crippen LogP contribution in [0, 0.1) is 0 Å². The van der Waals surface area contributed by atoms with Crippen molar-refractivity contribution in [2.45, 2.75) is 25.4 Å². The van der Waals surface area contributed by atoms with Crippen LogP contribution < -0.4 is 20.7 Å². The lowest BCUT2D eigenvalue weighted by Crippen LogP contribution is -2.40. The summed E-state index contributed by atoms with van der Waals surface area (Å²) in [6, 6.07) is 13.6. The van der Waals surface area contributed by atoms with Crippen LogP contribution in [0.4, 0.5) is 11.7 Å². The van der Waals surface area contributed by atoms with Crippen molar-refractivity contribution >= 4 is 17.6 Å². The fourth-order valence-electron chi connectivity index (χ4n) is 4.03. The second-order valence-corrected chi connectivity index (χ2v) is 7.96. The van der Waals surface area contributed by atoms with Gasteiger partial charge in [0.2, 0.25) is 5.91 Å². The highest BCUT2D eigenvalue weighted by molar-refractivity contribution is 5.82. The second kappa shape index (κ2) is 9.80. The molecule has 9 nitrogen and oxygen atoms in total. The summed E-state index contributed by atoms with van der Waals surface area (Å²) >= 11 is 0. The van der Waals surface area contributed by atoms with E-state index < -0.39 is 0 Å². The Labute approximate surface area is 196 Å². The molecule has 2 aromatic heterocycles. The van der Waals surface area contributed by atoms with E-state index in [1.807, 2.05) is 42.5 Å². The number of nitrogens with one attached hydrogen (secondary N) is 3. The summed E-state index contributed by atoms with van der Waals surface area (Å²) in [4.78, 5) is 20.7. The van der Waals surface area contributed by atoms with Gasteiger partial charge >= 0.3 is 0 Å². The first-order chi connectivity index (χ1) is 16.7. The Balaban J connectivity index is 1.30. The van der Waals surface area contributed by atoms with E-state index in [1.54, 1.807) is 19.5 Å². The van der Waals surface area contributed by atoms with Crippen molar-refractivity contribution < 1.29 is 18.4 Å². The number of hydrogen-bond donors (Lipinski definition) is 3. The predicted octanol–water partition coefficient (Wildman–Crippen LogP) is 4.12. The number of hydrogen-bond acceptors (Lipinski definition) is 8. The van der Waals surface area contributed by atoms with Gasteiger partial charge in [0.15, 0.2) is 17.9 Å². The number of amides is 1. The number of methoxy groups -OCH3 is 1. The Kier molecular flexibility index (Phi) is 6.26. The molecule has 3 heterocycles. The summed E-state index contributed by atoms with van der Waals surface area (Å²) in [5, 5.41) is 9.41. The fourth-order valence-corrected chi connectivity index (χ4v) is 4.03. The summed E-state index contributed by atoms with van der Waals surface area (Å²) in [6.45, 7) is 1.30. The number of anilines is 2. The lowest BCUT2D eigenvalue weighted by molar-refractivity contribution is -0.122. The molecule has 1 aliphatic heterocycles. The first-order valence-corrected chi connectivity index (χ1v) is 11.1. The average molecular weight is 460 g/mol. The maximum absolute atomic E-state index is 12.4. The van der Waals surface area contributed by atoms with E-state index in [2.05, 4.69) is 25.9 Å². The van der Waals surface area contributed by atoms with Crippen LogP contribution in [0.15, 0.2) is 70.1 Å². The molecule has 1 aliphatic rings. The van der Waals surface area contributed by atoms with Crippen molar-refractivity contribution in [1.82, 2.24) is 20.6 Å². The highest BCUT2D eigenvalue weighted by atomic mass is 16.5. The van der Waals surface area contributed by atoms with Gasteiger partial charge in [-0.25, -0.2) is 9.97 Å². The molecule has 0 radical (unpaired) electrons. The van der Waals surface area contributed by atoms with E-state index in [0.29, 0.717) is 29.8 Å². The zero-order valence-corrected chi connectivity index (χ0v) is 18.7. The van der Waals surface area contributed by atoms with Gasteiger partial charge in [0.25, 0.3) is 6.01 Å². The highest BCUT2D eigenvalue weighted by Crippen LogP contribution is 2.34. The predicted molar refractivity (Wildman–Crippen MR) is 127 cm³/mol. The van der Waals surface area contributed by atoms with Gasteiger partial charge in [-0.05, 0) is 37.1 Å². The van der Waals surface area contributed by atoms with Crippen molar-refractivity contribution in [2.24, 2.45) is 0 Å². The normalized spacial score (nSPS) is 15.3. The molecule has 1 fully saturated rings. The SMILES string of the molecule is COc1cc(Nc2ncc(-c3ccccc3CNC(=O)C3CCCN3)o2)ccc1-c1cnco1. The molecule has 3 N–H and O–H groups in total. The molecule has 34 heavy (non-hydrogen) atoms. The minimum atomic E-state index is -0.110. The number of carbonyl (C=O) groups excluding carboxylic acids is 1. The second-order valence-electron chi connectivity index (χ2n) is 7.96. The summed E-state index contributed by atoms with van der Waals surface area (Å²) in [5.74, 6) is 1.88. The van der Waals surface area contributed by atoms with Gasteiger partial charge in [-0.15, -0.1) is 0 Å². The monoisotopic (exact) mass is 459 g/mol. The molecule has 1 atom stereocenters. The number of ether oxygens (including phenoxy) is 1. The van der Waals surface area contributed by atoms with E-state index in [-0.39, 0.29) is 11.9 Å². The summed E-state index contributed by atoms with van der Waals surface area (Å²) in [5.41, 5.74) is 3.37. The average Bonchev–Trinajstić information content (AvgIpc) is 3.66. The van der Waals surface area contributed by atoms with Gasteiger partial charge in [0.05, 0.1) is 31.1 Å². The molecule has 1 unspecified atom stereocenters. The van der Waals surface area contributed by atoms with Crippen molar-refractivity contribution in [3.8, 4) is 28.4 Å².